The van der Waals surface area contributed by atoms with E-state index < -0.39 is 6.10 Å². The van der Waals surface area contributed by atoms with Crippen molar-refractivity contribution in [2.45, 2.75) is 12.6 Å². The second-order valence-corrected chi connectivity index (χ2v) is 7.78. The molecule has 29 heavy (non-hydrogen) atoms. The highest BCUT2D eigenvalue weighted by atomic mass is 35.5. The van der Waals surface area contributed by atoms with E-state index >= 15 is 0 Å². The molecular weight excluding hydrogens is 395 g/mol. The average molecular weight is 419 g/mol. The van der Waals surface area contributed by atoms with Crippen LogP contribution < -0.4 is 4.74 Å². The molecule has 2 aromatic heterocycles. The van der Waals surface area contributed by atoms with E-state index in [4.69, 9.17) is 16.3 Å². The normalized spacial score (nSPS) is 16.9. The zero-order chi connectivity index (χ0) is 20.2. The van der Waals surface area contributed by atoms with Crippen LogP contribution in [-0.4, -0.2) is 69.7 Å². The number of aliphatic hydroxyl groups excluding tert-OH is 1. The van der Waals surface area contributed by atoms with Crippen molar-refractivity contribution in [3.8, 4) is 5.75 Å². The SMILES string of the molecule is O[C@H](COc1ccc(F)cc1)CN1CCN(Cc2cn3cc(Cl)ccc3n2)CC1. The minimum absolute atomic E-state index is 0.190. The van der Waals surface area contributed by atoms with Gasteiger partial charge in [-0.05, 0) is 36.4 Å². The summed E-state index contributed by atoms with van der Waals surface area (Å²) in [5.41, 5.74) is 1.92. The molecule has 0 unspecified atom stereocenters. The molecule has 154 valence electrons. The van der Waals surface area contributed by atoms with Crippen LogP contribution in [-0.2, 0) is 6.54 Å². The molecule has 6 nitrogen and oxygen atoms in total. The Kier molecular flexibility index (Phi) is 6.30. The first-order valence-electron chi connectivity index (χ1n) is 9.69. The molecule has 1 aliphatic heterocycles. The summed E-state index contributed by atoms with van der Waals surface area (Å²) in [6.45, 7) is 5.14. The fourth-order valence-electron chi connectivity index (χ4n) is 3.53. The van der Waals surface area contributed by atoms with Gasteiger partial charge in [-0.3, -0.25) is 9.80 Å². The van der Waals surface area contributed by atoms with E-state index in [1.54, 1.807) is 12.1 Å². The maximum absolute atomic E-state index is 12.9. The number of piperazine rings is 1. The van der Waals surface area contributed by atoms with Gasteiger partial charge in [0.2, 0.25) is 0 Å². The largest absolute Gasteiger partial charge is 0.491 e. The van der Waals surface area contributed by atoms with Gasteiger partial charge in [0.25, 0.3) is 0 Å². The van der Waals surface area contributed by atoms with Crippen LogP contribution in [0.15, 0.2) is 48.8 Å². The first kappa shape index (κ1) is 20.1. The molecule has 1 saturated heterocycles. The number of aliphatic hydroxyl groups is 1. The molecule has 4 rings (SSSR count). The van der Waals surface area contributed by atoms with Gasteiger partial charge in [0.15, 0.2) is 0 Å². The molecule has 0 bridgehead atoms. The Labute approximate surface area is 174 Å². The summed E-state index contributed by atoms with van der Waals surface area (Å²) in [7, 11) is 0. The predicted molar refractivity (Wildman–Crippen MR) is 110 cm³/mol. The Hall–Kier alpha value is -2.19. The van der Waals surface area contributed by atoms with Crippen molar-refractivity contribution in [1.29, 1.82) is 0 Å². The van der Waals surface area contributed by atoms with Gasteiger partial charge in [0, 0.05) is 51.7 Å². The third-order valence-electron chi connectivity index (χ3n) is 5.04. The summed E-state index contributed by atoms with van der Waals surface area (Å²) in [6.07, 6.45) is 3.29. The number of imidazole rings is 1. The molecule has 3 aromatic rings. The second-order valence-electron chi connectivity index (χ2n) is 7.34. The second kappa shape index (κ2) is 9.09. The number of ether oxygens (including phenoxy) is 1. The standard InChI is InChI=1S/C21H24ClFN4O2/c22-16-1-6-21-24-18(13-27(21)11-16)12-25-7-9-26(10-8-25)14-19(28)15-29-20-4-2-17(23)3-5-20/h1-6,11,13,19,28H,7-10,12,14-15H2/t19-/m0/s1. The minimum atomic E-state index is -0.588. The van der Waals surface area contributed by atoms with Gasteiger partial charge < -0.3 is 14.2 Å². The number of benzene rings is 1. The van der Waals surface area contributed by atoms with Crippen LogP contribution in [0.25, 0.3) is 5.65 Å². The predicted octanol–water partition coefficient (Wildman–Crippen LogP) is 2.68. The summed E-state index contributed by atoms with van der Waals surface area (Å²) in [5, 5.41) is 10.9. The van der Waals surface area contributed by atoms with Crippen molar-refractivity contribution < 1.29 is 14.2 Å². The van der Waals surface area contributed by atoms with E-state index in [1.807, 2.05) is 28.9 Å². The van der Waals surface area contributed by atoms with Crippen LogP contribution in [0, 0.1) is 5.82 Å². The molecule has 1 aromatic carbocycles. The lowest BCUT2D eigenvalue weighted by molar-refractivity contribution is 0.0444. The van der Waals surface area contributed by atoms with Crippen molar-refractivity contribution in [3.05, 3.63) is 65.3 Å². The first-order valence-corrected chi connectivity index (χ1v) is 10.1. The highest BCUT2D eigenvalue weighted by Gasteiger charge is 2.20. The Bertz CT molecular complexity index is 942. The van der Waals surface area contributed by atoms with Gasteiger partial charge in [-0.25, -0.2) is 9.37 Å². The van der Waals surface area contributed by atoms with E-state index in [-0.39, 0.29) is 12.4 Å². The molecule has 1 N–H and O–H groups in total. The highest BCUT2D eigenvalue weighted by molar-refractivity contribution is 6.30. The number of halogens is 2. The van der Waals surface area contributed by atoms with E-state index in [2.05, 4.69) is 14.8 Å². The van der Waals surface area contributed by atoms with Crippen molar-refractivity contribution in [3.63, 3.8) is 0 Å². The van der Waals surface area contributed by atoms with Crippen molar-refractivity contribution >= 4 is 17.2 Å². The summed E-state index contributed by atoms with van der Waals surface area (Å²) < 4.78 is 20.4. The molecule has 1 atom stereocenters. The molecule has 0 radical (unpaired) electrons. The van der Waals surface area contributed by atoms with Crippen LogP contribution in [0.4, 0.5) is 4.39 Å². The molecule has 0 spiro atoms. The Morgan fingerprint density at radius 2 is 1.76 bits per heavy atom. The lowest BCUT2D eigenvalue weighted by Crippen LogP contribution is -2.48. The average Bonchev–Trinajstić information content (AvgIpc) is 3.10. The zero-order valence-corrected chi connectivity index (χ0v) is 16.8. The number of nitrogens with zero attached hydrogens (tertiary/aromatic N) is 4. The van der Waals surface area contributed by atoms with Crippen LogP contribution in [0.1, 0.15) is 5.69 Å². The van der Waals surface area contributed by atoms with Crippen LogP contribution in [0.5, 0.6) is 5.75 Å². The summed E-state index contributed by atoms with van der Waals surface area (Å²) in [4.78, 5) is 9.24. The lowest BCUT2D eigenvalue weighted by atomic mass is 10.2. The number of hydrogen-bond donors (Lipinski definition) is 1. The molecule has 8 heteroatoms. The lowest BCUT2D eigenvalue weighted by Gasteiger charge is -2.35. The Balaban J connectivity index is 1.21. The number of β-amino-alcohol motifs (C(OH)–C–C–N with tert-alkyl or cyclic N) is 1. The number of rotatable bonds is 7. The number of hydrogen-bond acceptors (Lipinski definition) is 5. The summed E-state index contributed by atoms with van der Waals surface area (Å²) >= 11 is 6.03. The van der Waals surface area contributed by atoms with Crippen LogP contribution >= 0.6 is 11.6 Å². The molecular formula is C21H24ClFN4O2. The van der Waals surface area contributed by atoms with E-state index in [9.17, 15) is 9.50 Å². The van der Waals surface area contributed by atoms with E-state index in [0.29, 0.717) is 17.3 Å². The van der Waals surface area contributed by atoms with Gasteiger partial charge >= 0.3 is 0 Å². The summed E-state index contributed by atoms with van der Waals surface area (Å²) in [6, 6.07) is 9.58. The molecule has 0 aliphatic carbocycles. The van der Waals surface area contributed by atoms with E-state index in [0.717, 1.165) is 44.1 Å². The fraction of sp³-hybridized carbons (Fsp3) is 0.381. The zero-order valence-electron chi connectivity index (χ0n) is 16.0. The topological polar surface area (TPSA) is 53.2 Å². The van der Waals surface area contributed by atoms with Crippen molar-refractivity contribution in [1.82, 2.24) is 19.2 Å². The monoisotopic (exact) mass is 418 g/mol. The number of pyridine rings is 1. The molecule has 0 amide bonds. The third-order valence-corrected chi connectivity index (χ3v) is 5.26. The quantitative estimate of drug-likeness (QED) is 0.639. The van der Waals surface area contributed by atoms with Gasteiger partial charge in [0.1, 0.15) is 29.9 Å². The maximum Gasteiger partial charge on any atom is 0.137 e. The van der Waals surface area contributed by atoms with Crippen LogP contribution in [0.3, 0.4) is 0 Å². The van der Waals surface area contributed by atoms with Gasteiger partial charge in [-0.1, -0.05) is 11.6 Å². The maximum atomic E-state index is 12.9. The van der Waals surface area contributed by atoms with Gasteiger partial charge in [0.05, 0.1) is 10.7 Å². The molecule has 1 fully saturated rings. The number of fused-ring (bicyclic) bond motifs is 1. The minimum Gasteiger partial charge on any atom is -0.491 e. The fourth-order valence-corrected chi connectivity index (χ4v) is 3.69. The molecule has 0 saturated carbocycles. The number of aromatic nitrogens is 2. The van der Waals surface area contributed by atoms with Gasteiger partial charge in [-0.15, -0.1) is 0 Å². The Morgan fingerprint density at radius 1 is 1.03 bits per heavy atom. The van der Waals surface area contributed by atoms with Crippen molar-refractivity contribution in [2.24, 2.45) is 0 Å². The van der Waals surface area contributed by atoms with Gasteiger partial charge in [-0.2, -0.15) is 0 Å². The molecule has 3 heterocycles. The van der Waals surface area contributed by atoms with Crippen LogP contribution in [0.2, 0.25) is 5.02 Å². The first-order chi connectivity index (χ1) is 14.0. The molecule has 1 aliphatic rings. The Morgan fingerprint density at radius 3 is 2.52 bits per heavy atom. The highest BCUT2D eigenvalue weighted by Crippen LogP contribution is 2.15. The van der Waals surface area contributed by atoms with E-state index in [1.165, 1.54) is 12.1 Å². The van der Waals surface area contributed by atoms with Crippen molar-refractivity contribution in [2.75, 3.05) is 39.3 Å². The third kappa shape index (κ3) is 5.45. The summed E-state index contributed by atoms with van der Waals surface area (Å²) in [5.74, 6) is 0.257. The smallest absolute Gasteiger partial charge is 0.137 e.